The van der Waals surface area contributed by atoms with E-state index in [1.165, 1.54) is 25.8 Å². The van der Waals surface area contributed by atoms with E-state index in [1.807, 2.05) is 11.8 Å². The van der Waals surface area contributed by atoms with Crippen molar-refractivity contribution in [2.24, 2.45) is 0 Å². The second-order valence-corrected chi connectivity index (χ2v) is 4.34. The fourth-order valence-electron chi connectivity index (χ4n) is 0.896. The second-order valence-electron chi connectivity index (χ2n) is 3.06. The van der Waals surface area contributed by atoms with Crippen LogP contribution in [0, 0.1) is 0 Å². The highest BCUT2D eigenvalue weighted by Gasteiger charge is 2.19. The molecule has 1 aliphatic carbocycles. The van der Waals surface area contributed by atoms with Crippen molar-refractivity contribution in [1.82, 2.24) is 5.32 Å². The number of nitrogens with one attached hydrogen (secondary N) is 1. The van der Waals surface area contributed by atoms with Crippen molar-refractivity contribution in [3.63, 3.8) is 0 Å². The lowest BCUT2D eigenvalue weighted by molar-refractivity contribution is 0.644. The maximum absolute atomic E-state index is 3.51. The molecule has 0 aromatic rings. The Hall–Kier alpha value is 0.310. The molecule has 0 amide bonds. The van der Waals surface area contributed by atoms with Gasteiger partial charge in [0.1, 0.15) is 0 Å². The molecule has 1 nitrogen and oxygen atoms in total. The first-order valence-corrected chi connectivity index (χ1v) is 5.38. The summed E-state index contributed by atoms with van der Waals surface area (Å²) in [4.78, 5) is 0. The summed E-state index contributed by atoms with van der Waals surface area (Å²) in [5.41, 5.74) is 0. The molecule has 2 heteroatoms. The van der Waals surface area contributed by atoms with Gasteiger partial charge in [0.05, 0.1) is 0 Å². The van der Waals surface area contributed by atoms with Crippen LogP contribution in [0.25, 0.3) is 0 Å². The zero-order valence-corrected chi connectivity index (χ0v) is 7.71. The SMILES string of the molecule is CSC(C)CCNC1CC1. The number of thioether (sulfide) groups is 1. The van der Waals surface area contributed by atoms with Crippen LogP contribution in [0.2, 0.25) is 0 Å². The zero-order valence-electron chi connectivity index (χ0n) is 6.89. The summed E-state index contributed by atoms with van der Waals surface area (Å²) in [5.74, 6) is 0. The highest BCUT2D eigenvalue weighted by Crippen LogP contribution is 2.18. The Labute approximate surface area is 68.0 Å². The van der Waals surface area contributed by atoms with Gasteiger partial charge in [0, 0.05) is 11.3 Å². The first-order chi connectivity index (χ1) is 4.83. The van der Waals surface area contributed by atoms with E-state index in [9.17, 15) is 0 Å². The van der Waals surface area contributed by atoms with Crippen molar-refractivity contribution in [3.8, 4) is 0 Å². The molecule has 60 valence electrons. The average Bonchev–Trinajstić information content (AvgIpc) is 2.71. The second kappa shape index (κ2) is 4.24. The van der Waals surface area contributed by atoms with E-state index in [2.05, 4.69) is 18.5 Å². The van der Waals surface area contributed by atoms with Crippen molar-refractivity contribution >= 4 is 11.8 Å². The van der Waals surface area contributed by atoms with Crippen LogP contribution in [0.15, 0.2) is 0 Å². The summed E-state index contributed by atoms with van der Waals surface area (Å²) in [6, 6.07) is 0.883. The zero-order chi connectivity index (χ0) is 7.40. The summed E-state index contributed by atoms with van der Waals surface area (Å²) in [6.45, 7) is 3.51. The van der Waals surface area contributed by atoms with Gasteiger partial charge in [-0.3, -0.25) is 0 Å². The van der Waals surface area contributed by atoms with Gasteiger partial charge in [0.15, 0.2) is 0 Å². The summed E-state index contributed by atoms with van der Waals surface area (Å²) < 4.78 is 0. The predicted molar refractivity (Wildman–Crippen MR) is 48.6 cm³/mol. The quantitative estimate of drug-likeness (QED) is 0.657. The molecule has 0 spiro atoms. The normalized spacial score (nSPS) is 21.0. The van der Waals surface area contributed by atoms with E-state index >= 15 is 0 Å². The van der Waals surface area contributed by atoms with Gasteiger partial charge in [0.25, 0.3) is 0 Å². The van der Waals surface area contributed by atoms with Gasteiger partial charge >= 0.3 is 0 Å². The maximum Gasteiger partial charge on any atom is 0.00682 e. The standard InChI is InChI=1S/C8H17NS/c1-7(10-2)5-6-9-8-3-4-8/h7-9H,3-6H2,1-2H3. The van der Waals surface area contributed by atoms with E-state index in [4.69, 9.17) is 0 Å². The van der Waals surface area contributed by atoms with Crippen LogP contribution in [-0.2, 0) is 0 Å². The molecule has 1 rings (SSSR count). The molecule has 0 bridgehead atoms. The molecular weight excluding hydrogens is 142 g/mol. The molecule has 1 fully saturated rings. The van der Waals surface area contributed by atoms with Crippen molar-refractivity contribution in [1.29, 1.82) is 0 Å². The first-order valence-electron chi connectivity index (χ1n) is 4.09. The largest absolute Gasteiger partial charge is 0.314 e. The minimum Gasteiger partial charge on any atom is -0.314 e. The maximum atomic E-state index is 3.51. The topological polar surface area (TPSA) is 12.0 Å². The van der Waals surface area contributed by atoms with Gasteiger partial charge in [-0.25, -0.2) is 0 Å². The van der Waals surface area contributed by atoms with Crippen LogP contribution in [-0.4, -0.2) is 24.1 Å². The van der Waals surface area contributed by atoms with Gasteiger partial charge in [-0.05, 0) is 32.1 Å². The monoisotopic (exact) mass is 159 g/mol. The molecule has 1 aliphatic rings. The fraction of sp³-hybridized carbons (Fsp3) is 1.00. The fourth-order valence-corrected chi connectivity index (χ4v) is 1.25. The highest BCUT2D eigenvalue weighted by atomic mass is 32.2. The first kappa shape index (κ1) is 8.41. The van der Waals surface area contributed by atoms with Crippen LogP contribution < -0.4 is 5.32 Å². The Kier molecular flexibility index (Phi) is 3.57. The molecule has 0 aliphatic heterocycles. The van der Waals surface area contributed by atoms with E-state index in [-0.39, 0.29) is 0 Å². The molecule has 1 saturated carbocycles. The van der Waals surface area contributed by atoms with Crippen molar-refractivity contribution < 1.29 is 0 Å². The van der Waals surface area contributed by atoms with E-state index in [0.717, 1.165) is 11.3 Å². The Morgan fingerprint density at radius 1 is 1.60 bits per heavy atom. The summed E-state index contributed by atoms with van der Waals surface area (Å²) >= 11 is 1.96. The van der Waals surface area contributed by atoms with Crippen LogP contribution in [0.3, 0.4) is 0 Å². The Bertz CT molecular complexity index is 91.3. The van der Waals surface area contributed by atoms with Crippen LogP contribution in [0.4, 0.5) is 0 Å². The molecule has 0 heterocycles. The summed E-state index contributed by atoms with van der Waals surface area (Å²) in [6.07, 6.45) is 6.32. The third-order valence-corrected chi connectivity index (χ3v) is 3.00. The molecular formula is C8H17NS. The van der Waals surface area contributed by atoms with E-state index in [1.54, 1.807) is 0 Å². The van der Waals surface area contributed by atoms with Crippen LogP contribution >= 0.6 is 11.8 Å². The minimum atomic E-state index is 0.825. The molecule has 1 N–H and O–H groups in total. The number of rotatable bonds is 5. The lowest BCUT2D eigenvalue weighted by Gasteiger charge is -2.07. The number of hydrogen-bond donors (Lipinski definition) is 1. The Balaban J connectivity index is 1.83. The lowest BCUT2D eigenvalue weighted by Crippen LogP contribution is -2.19. The lowest BCUT2D eigenvalue weighted by atomic mass is 10.3. The van der Waals surface area contributed by atoms with Crippen LogP contribution in [0.5, 0.6) is 0 Å². The molecule has 0 aromatic heterocycles. The average molecular weight is 159 g/mol. The third kappa shape index (κ3) is 3.47. The molecule has 10 heavy (non-hydrogen) atoms. The predicted octanol–water partition coefficient (Wildman–Crippen LogP) is 1.88. The highest BCUT2D eigenvalue weighted by molar-refractivity contribution is 7.99. The molecule has 0 radical (unpaired) electrons. The minimum absolute atomic E-state index is 0.825. The smallest absolute Gasteiger partial charge is 0.00682 e. The molecule has 1 unspecified atom stereocenters. The van der Waals surface area contributed by atoms with Crippen molar-refractivity contribution in [3.05, 3.63) is 0 Å². The number of hydrogen-bond acceptors (Lipinski definition) is 2. The van der Waals surface area contributed by atoms with Crippen molar-refractivity contribution in [2.75, 3.05) is 12.8 Å². The Morgan fingerprint density at radius 3 is 2.80 bits per heavy atom. The summed E-state index contributed by atoms with van der Waals surface area (Å²) in [5, 5.41) is 4.33. The van der Waals surface area contributed by atoms with Crippen molar-refractivity contribution in [2.45, 2.75) is 37.5 Å². The van der Waals surface area contributed by atoms with E-state index in [0.29, 0.717) is 0 Å². The molecule has 1 atom stereocenters. The van der Waals surface area contributed by atoms with Crippen LogP contribution in [0.1, 0.15) is 26.2 Å². The summed E-state index contributed by atoms with van der Waals surface area (Å²) in [7, 11) is 0. The van der Waals surface area contributed by atoms with E-state index < -0.39 is 0 Å². The van der Waals surface area contributed by atoms with Gasteiger partial charge in [-0.15, -0.1) is 0 Å². The van der Waals surface area contributed by atoms with Gasteiger partial charge in [-0.2, -0.15) is 11.8 Å². The van der Waals surface area contributed by atoms with Gasteiger partial charge < -0.3 is 5.32 Å². The Morgan fingerprint density at radius 2 is 2.30 bits per heavy atom. The third-order valence-electron chi connectivity index (χ3n) is 1.96. The molecule has 0 saturated heterocycles. The van der Waals surface area contributed by atoms with Gasteiger partial charge in [-0.1, -0.05) is 6.92 Å². The van der Waals surface area contributed by atoms with Gasteiger partial charge in [0.2, 0.25) is 0 Å². The molecule has 0 aromatic carbocycles.